The lowest BCUT2D eigenvalue weighted by atomic mass is 9.95. The third-order valence-corrected chi connectivity index (χ3v) is 5.38. The molecule has 1 atom stereocenters. The third kappa shape index (κ3) is 3.29. The molecule has 2 N–H and O–H groups in total. The van der Waals surface area contributed by atoms with E-state index in [1.54, 1.807) is 12.1 Å². The Labute approximate surface area is 157 Å². The first-order valence-corrected chi connectivity index (χ1v) is 9.34. The molecule has 0 spiro atoms. The first-order chi connectivity index (χ1) is 13.1. The number of rotatable bonds is 4. The number of nitrogens with one attached hydrogen (secondary N) is 2. The molecule has 4 nitrogen and oxygen atoms in total. The number of halogens is 1. The highest BCUT2D eigenvalue weighted by molar-refractivity contribution is 5.99. The molecular formula is C22H23FN2O2. The van der Waals surface area contributed by atoms with Gasteiger partial charge in [-0.15, -0.1) is 0 Å². The molecule has 5 heteroatoms. The van der Waals surface area contributed by atoms with Crippen molar-refractivity contribution in [2.45, 2.75) is 38.6 Å². The van der Waals surface area contributed by atoms with Gasteiger partial charge in [0, 0.05) is 22.2 Å². The van der Waals surface area contributed by atoms with Gasteiger partial charge in [0.25, 0.3) is 5.91 Å². The van der Waals surface area contributed by atoms with Gasteiger partial charge in [-0.3, -0.25) is 4.79 Å². The normalized spacial score (nSPS) is 14.6. The lowest BCUT2D eigenvalue weighted by molar-refractivity contribution is 0.0940. The number of carbonyl (C=O) groups is 1. The van der Waals surface area contributed by atoms with E-state index in [4.69, 9.17) is 4.74 Å². The highest BCUT2D eigenvalue weighted by atomic mass is 19.1. The zero-order valence-corrected chi connectivity index (χ0v) is 15.6. The number of aromatic nitrogens is 1. The van der Waals surface area contributed by atoms with Crippen LogP contribution in [0.3, 0.4) is 0 Å². The minimum Gasteiger partial charge on any atom is -0.494 e. The zero-order valence-electron chi connectivity index (χ0n) is 15.6. The highest BCUT2D eigenvalue weighted by Crippen LogP contribution is 2.30. The number of hydrogen-bond donors (Lipinski definition) is 2. The number of aryl methyl sites for hydroxylation is 2. The molecule has 140 valence electrons. The first-order valence-electron chi connectivity index (χ1n) is 9.34. The molecule has 0 saturated heterocycles. The number of benzene rings is 2. The van der Waals surface area contributed by atoms with Crippen molar-refractivity contribution >= 4 is 16.8 Å². The van der Waals surface area contributed by atoms with E-state index < -0.39 is 5.82 Å². The summed E-state index contributed by atoms with van der Waals surface area (Å²) < 4.78 is 18.9. The number of amides is 1. The molecule has 1 aliphatic carbocycles. The van der Waals surface area contributed by atoms with Gasteiger partial charge in [-0.2, -0.15) is 0 Å². The quantitative estimate of drug-likeness (QED) is 0.704. The van der Waals surface area contributed by atoms with Crippen LogP contribution in [0.4, 0.5) is 4.39 Å². The summed E-state index contributed by atoms with van der Waals surface area (Å²) >= 11 is 0. The van der Waals surface area contributed by atoms with Crippen LogP contribution in [-0.2, 0) is 12.8 Å². The van der Waals surface area contributed by atoms with E-state index in [2.05, 4.69) is 10.3 Å². The minimum atomic E-state index is -0.434. The summed E-state index contributed by atoms with van der Waals surface area (Å²) in [5.41, 5.74) is 5.05. The Morgan fingerprint density at radius 1 is 1.19 bits per heavy atom. The zero-order chi connectivity index (χ0) is 19.0. The second-order valence-corrected chi connectivity index (χ2v) is 7.14. The average molecular weight is 366 g/mol. The maximum absolute atomic E-state index is 13.9. The van der Waals surface area contributed by atoms with E-state index in [1.165, 1.54) is 37.3 Å². The Morgan fingerprint density at radius 3 is 2.78 bits per heavy atom. The van der Waals surface area contributed by atoms with Crippen molar-refractivity contribution in [3.63, 3.8) is 0 Å². The van der Waals surface area contributed by atoms with Gasteiger partial charge in [0.1, 0.15) is 0 Å². The smallest absolute Gasteiger partial charge is 0.251 e. The van der Waals surface area contributed by atoms with Gasteiger partial charge in [0.05, 0.1) is 13.2 Å². The maximum Gasteiger partial charge on any atom is 0.251 e. The van der Waals surface area contributed by atoms with Crippen LogP contribution >= 0.6 is 0 Å². The molecule has 1 unspecified atom stereocenters. The molecule has 1 aromatic heterocycles. The largest absolute Gasteiger partial charge is 0.494 e. The summed E-state index contributed by atoms with van der Waals surface area (Å²) in [6.45, 7) is 1.84. The fraction of sp³-hybridized carbons (Fsp3) is 0.318. The van der Waals surface area contributed by atoms with Crippen LogP contribution in [0, 0.1) is 5.82 Å². The second-order valence-electron chi connectivity index (χ2n) is 7.14. The Balaban J connectivity index is 1.56. The van der Waals surface area contributed by atoms with Crippen LogP contribution in [0.1, 0.15) is 53.0 Å². The standard InChI is InChI=1S/C22H23FN2O2/c1-13(14-8-10-21(27-2)18(23)12-14)24-22(26)15-7-9-20-17(11-15)16-5-3-4-6-19(16)25-20/h7-13,25H,3-6H2,1-2H3,(H,24,26). The molecule has 2 aromatic carbocycles. The second kappa shape index (κ2) is 7.06. The maximum atomic E-state index is 13.9. The van der Waals surface area contributed by atoms with E-state index in [0.29, 0.717) is 11.1 Å². The van der Waals surface area contributed by atoms with Crippen molar-refractivity contribution < 1.29 is 13.9 Å². The summed E-state index contributed by atoms with van der Waals surface area (Å²) in [5, 5.41) is 4.10. The Kier molecular flexibility index (Phi) is 4.60. The molecule has 0 saturated carbocycles. The number of methoxy groups -OCH3 is 1. The van der Waals surface area contributed by atoms with E-state index in [9.17, 15) is 9.18 Å². The van der Waals surface area contributed by atoms with E-state index in [1.807, 2.05) is 25.1 Å². The van der Waals surface area contributed by atoms with Crippen LogP contribution < -0.4 is 10.1 Å². The lowest BCUT2D eigenvalue weighted by Crippen LogP contribution is -2.26. The van der Waals surface area contributed by atoms with Crippen LogP contribution in [-0.4, -0.2) is 18.0 Å². The number of fused-ring (bicyclic) bond motifs is 3. The molecule has 4 rings (SSSR count). The van der Waals surface area contributed by atoms with Crippen molar-refractivity contribution in [3.8, 4) is 5.75 Å². The van der Waals surface area contributed by atoms with Crippen molar-refractivity contribution in [2.75, 3.05) is 7.11 Å². The van der Waals surface area contributed by atoms with Gasteiger partial charge in [-0.1, -0.05) is 6.07 Å². The summed E-state index contributed by atoms with van der Waals surface area (Å²) in [7, 11) is 1.43. The SMILES string of the molecule is COc1ccc(C(C)NC(=O)c2ccc3[nH]c4c(c3c2)CCCC4)cc1F. The van der Waals surface area contributed by atoms with Crippen LogP contribution in [0.5, 0.6) is 5.75 Å². The summed E-state index contributed by atoms with van der Waals surface area (Å²) in [6, 6.07) is 10.2. The number of carbonyl (C=O) groups excluding carboxylic acids is 1. The molecular weight excluding hydrogens is 343 g/mol. The monoisotopic (exact) mass is 366 g/mol. The van der Waals surface area contributed by atoms with E-state index in [0.717, 1.165) is 23.7 Å². The fourth-order valence-electron chi connectivity index (χ4n) is 3.86. The topological polar surface area (TPSA) is 54.1 Å². The Bertz CT molecular complexity index is 1010. The summed E-state index contributed by atoms with van der Waals surface area (Å²) in [5.74, 6) is -0.400. The van der Waals surface area contributed by atoms with E-state index in [-0.39, 0.29) is 17.7 Å². The van der Waals surface area contributed by atoms with Gasteiger partial charge in [0.2, 0.25) is 0 Å². The summed E-state index contributed by atoms with van der Waals surface area (Å²) in [4.78, 5) is 16.2. The van der Waals surface area contributed by atoms with Crippen LogP contribution in [0.2, 0.25) is 0 Å². The molecule has 0 bridgehead atoms. The highest BCUT2D eigenvalue weighted by Gasteiger charge is 2.18. The minimum absolute atomic E-state index is 0.161. The fourth-order valence-corrected chi connectivity index (χ4v) is 3.86. The molecule has 27 heavy (non-hydrogen) atoms. The Morgan fingerprint density at radius 2 is 2.00 bits per heavy atom. The number of ether oxygens (including phenoxy) is 1. The van der Waals surface area contributed by atoms with Crippen molar-refractivity contribution in [1.82, 2.24) is 10.3 Å². The molecule has 0 radical (unpaired) electrons. The summed E-state index contributed by atoms with van der Waals surface area (Å²) in [6.07, 6.45) is 4.53. The van der Waals surface area contributed by atoms with Crippen molar-refractivity contribution in [3.05, 3.63) is 64.6 Å². The predicted molar refractivity (Wildman–Crippen MR) is 104 cm³/mol. The molecule has 0 aliphatic heterocycles. The van der Waals surface area contributed by atoms with Gasteiger partial charge in [0.15, 0.2) is 11.6 Å². The average Bonchev–Trinajstić information content (AvgIpc) is 3.05. The van der Waals surface area contributed by atoms with Crippen LogP contribution in [0.25, 0.3) is 10.9 Å². The molecule has 0 fully saturated rings. The van der Waals surface area contributed by atoms with Gasteiger partial charge >= 0.3 is 0 Å². The number of hydrogen-bond acceptors (Lipinski definition) is 2. The number of H-pyrrole nitrogens is 1. The third-order valence-electron chi connectivity index (χ3n) is 5.38. The molecule has 1 aliphatic rings. The Hall–Kier alpha value is -2.82. The first kappa shape index (κ1) is 17.6. The van der Waals surface area contributed by atoms with Gasteiger partial charge in [-0.25, -0.2) is 4.39 Å². The van der Waals surface area contributed by atoms with Gasteiger partial charge in [-0.05, 0) is 74.1 Å². The predicted octanol–water partition coefficient (Wildman–Crippen LogP) is 4.69. The lowest BCUT2D eigenvalue weighted by Gasteiger charge is -2.15. The van der Waals surface area contributed by atoms with Gasteiger partial charge < -0.3 is 15.0 Å². The van der Waals surface area contributed by atoms with Crippen molar-refractivity contribution in [1.29, 1.82) is 0 Å². The molecule has 3 aromatic rings. The molecule has 1 amide bonds. The van der Waals surface area contributed by atoms with Crippen LogP contribution in [0.15, 0.2) is 36.4 Å². The number of aromatic amines is 1. The van der Waals surface area contributed by atoms with Crippen molar-refractivity contribution in [2.24, 2.45) is 0 Å². The molecule has 1 heterocycles. The van der Waals surface area contributed by atoms with E-state index >= 15 is 0 Å².